The molecule has 2 N–H and O–H groups in total. The van der Waals surface area contributed by atoms with Gasteiger partial charge in [-0.1, -0.05) is 0 Å². The summed E-state index contributed by atoms with van der Waals surface area (Å²) in [4.78, 5) is 12.2. The fourth-order valence-corrected chi connectivity index (χ4v) is 1.72. The van der Waals surface area contributed by atoms with Crippen molar-refractivity contribution in [2.24, 2.45) is 5.73 Å². The van der Waals surface area contributed by atoms with Gasteiger partial charge in [-0.2, -0.15) is 0 Å². The summed E-state index contributed by atoms with van der Waals surface area (Å²) in [5.41, 5.74) is 5.55. The average molecular weight is 301 g/mol. The van der Waals surface area contributed by atoms with Crippen molar-refractivity contribution in [3.8, 4) is 5.82 Å². The second kappa shape index (κ2) is 4.01. The van der Waals surface area contributed by atoms with E-state index in [1.165, 1.54) is 6.33 Å². The number of nitrogens with two attached hydrogens (primary N) is 1. The van der Waals surface area contributed by atoms with E-state index in [-0.39, 0.29) is 0 Å². The van der Waals surface area contributed by atoms with Crippen LogP contribution in [-0.2, 0) is 6.54 Å². The first-order valence-electron chi connectivity index (χ1n) is 4.01. The summed E-state index contributed by atoms with van der Waals surface area (Å²) in [6.07, 6.45) is 6.81. The molecule has 0 radical (unpaired) electrons. The maximum atomic E-state index is 5.55. The molecule has 0 atom stereocenters. The van der Waals surface area contributed by atoms with E-state index in [1.54, 1.807) is 12.4 Å². The summed E-state index contributed by atoms with van der Waals surface area (Å²) in [5, 5.41) is 0. The van der Waals surface area contributed by atoms with E-state index in [9.17, 15) is 0 Å². The molecule has 0 fully saturated rings. The minimum Gasteiger partial charge on any atom is -0.324 e. The molecular weight excluding hydrogens is 293 g/mol. The SMILES string of the molecule is NCc1nccn1-c1ncncc1I. The Balaban J connectivity index is 2.54. The van der Waals surface area contributed by atoms with Crippen LogP contribution >= 0.6 is 22.6 Å². The molecule has 0 aliphatic carbocycles. The Bertz CT molecular complexity index is 439. The number of imidazole rings is 1. The highest BCUT2D eigenvalue weighted by Crippen LogP contribution is 2.13. The van der Waals surface area contributed by atoms with Crippen LogP contribution in [0.15, 0.2) is 24.9 Å². The summed E-state index contributed by atoms with van der Waals surface area (Å²) in [5.74, 6) is 1.61. The summed E-state index contributed by atoms with van der Waals surface area (Å²) in [6.45, 7) is 0.396. The standard InChI is InChI=1S/C8H8IN5/c9-6-4-11-5-13-8(6)14-2-1-12-7(14)3-10/h1-2,4-5H,3,10H2. The number of hydrogen-bond acceptors (Lipinski definition) is 4. The zero-order chi connectivity index (χ0) is 9.97. The fourth-order valence-electron chi connectivity index (χ4n) is 1.16. The van der Waals surface area contributed by atoms with Crippen LogP contribution in [0.3, 0.4) is 0 Å². The van der Waals surface area contributed by atoms with E-state index in [1.807, 2.05) is 10.8 Å². The van der Waals surface area contributed by atoms with Crippen LogP contribution in [0.4, 0.5) is 0 Å². The highest BCUT2D eigenvalue weighted by Gasteiger charge is 2.07. The molecule has 72 valence electrons. The lowest BCUT2D eigenvalue weighted by atomic mass is 10.5. The average Bonchev–Trinajstić information content (AvgIpc) is 2.66. The van der Waals surface area contributed by atoms with Gasteiger partial charge in [0.15, 0.2) is 5.82 Å². The predicted octanol–water partition coefficient (Wildman–Crippen LogP) is 0.726. The normalized spacial score (nSPS) is 10.4. The maximum absolute atomic E-state index is 5.55. The molecule has 14 heavy (non-hydrogen) atoms. The summed E-state index contributed by atoms with van der Waals surface area (Å²) in [6, 6.07) is 0. The Morgan fingerprint density at radius 3 is 3.00 bits per heavy atom. The predicted molar refractivity (Wildman–Crippen MR) is 59.8 cm³/mol. The van der Waals surface area contributed by atoms with Crippen LogP contribution in [0.25, 0.3) is 5.82 Å². The third-order valence-corrected chi connectivity index (χ3v) is 2.54. The molecule has 0 spiro atoms. The second-order valence-corrected chi connectivity index (χ2v) is 3.77. The Morgan fingerprint density at radius 2 is 2.29 bits per heavy atom. The minimum absolute atomic E-state index is 0.396. The summed E-state index contributed by atoms with van der Waals surface area (Å²) in [7, 11) is 0. The van der Waals surface area contributed by atoms with Gasteiger partial charge in [0.1, 0.15) is 12.2 Å². The van der Waals surface area contributed by atoms with Crippen molar-refractivity contribution in [3.05, 3.63) is 34.3 Å². The van der Waals surface area contributed by atoms with Crippen LogP contribution in [0.2, 0.25) is 0 Å². The lowest BCUT2D eigenvalue weighted by molar-refractivity contribution is 0.838. The first-order chi connectivity index (χ1) is 6.83. The van der Waals surface area contributed by atoms with Gasteiger partial charge in [0.2, 0.25) is 0 Å². The van der Waals surface area contributed by atoms with Gasteiger partial charge in [-0.05, 0) is 22.6 Å². The lowest BCUT2D eigenvalue weighted by Crippen LogP contribution is -2.08. The van der Waals surface area contributed by atoms with E-state index in [2.05, 4.69) is 37.5 Å². The van der Waals surface area contributed by atoms with Gasteiger partial charge < -0.3 is 5.73 Å². The fraction of sp³-hybridized carbons (Fsp3) is 0.125. The molecule has 5 nitrogen and oxygen atoms in total. The number of hydrogen-bond donors (Lipinski definition) is 1. The number of nitrogens with zero attached hydrogens (tertiary/aromatic N) is 4. The first-order valence-corrected chi connectivity index (χ1v) is 5.09. The van der Waals surface area contributed by atoms with Gasteiger partial charge in [0.25, 0.3) is 0 Å². The molecule has 2 heterocycles. The molecule has 2 aromatic rings. The van der Waals surface area contributed by atoms with E-state index in [0.717, 1.165) is 15.2 Å². The Labute approximate surface area is 94.5 Å². The van der Waals surface area contributed by atoms with Crippen molar-refractivity contribution in [1.82, 2.24) is 19.5 Å². The van der Waals surface area contributed by atoms with Crippen molar-refractivity contribution in [2.45, 2.75) is 6.54 Å². The van der Waals surface area contributed by atoms with E-state index in [0.29, 0.717) is 6.54 Å². The van der Waals surface area contributed by atoms with Gasteiger partial charge in [-0.3, -0.25) is 4.57 Å². The molecule has 0 aliphatic rings. The Kier molecular flexibility index (Phi) is 2.73. The lowest BCUT2D eigenvalue weighted by Gasteiger charge is -2.05. The zero-order valence-corrected chi connectivity index (χ0v) is 9.42. The highest BCUT2D eigenvalue weighted by molar-refractivity contribution is 14.1. The van der Waals surface area contributed by atoms with Gasteiger partial charge in [-0.15, -0.1) is 0 Å². The van der Waals surface area contributed by atoms with Crippen molar-refractivity contribution in [1.29, 1.82) is 0 Å². The number of halogens is 1. The molecule has 0 aliphatic heterocycles. The van der Waals surface area contributed by atoms with Crippen molar-refractivity contribution >= 4 is 22.6 Å². The molecule has 6 heteroatoms. The zero-order valence-electron chi connectivity index (χ0n) is 7.26. The summed E-state index contributed by atoms with van der Waals surface area (Å²) < 4.78 is 2.83. The Morgan fingerprint density at radius 1 is 1.43 bits per heavy atom. The van der Waals surface area contributed by atoms with Crippen LogP contribution in [0.5, 0.6) is 0 Å². The minimum atomic E-state index is 0.396. The third-order valence-electron chi connectivity index (χ3n) is 1.78. The molecule has 0 amide bonds. The van der Waals surface area contributed by atoms with Crippen molar-refractivity contribution in [3.63, 3.8) is 0 Å². The van der Waals surface area contributed by atoms with Crippen LogP contribution in [-0.4, -0.2) is 19.5 Å². The summed E-state index contributed by atoms with van der Waals surface area (Å²) >= 11 is 2.18. The van der Waals surface area contributed by atoms with Crippen molar-refractivity contribution in [2.75, 3.05) is 0 Å². The van der Waals surface area contributed by atoms with E-state index < -0.39 is 0 Å². The van der Waals surface area contributed by atoms with Gasteiger partial charge >= 0.3 is 0 Å². The monoisotopic (exact) mass is 301 g/mol. The van der Waals surface area contributed by atoms with Gasteiger partial charge in [0.05, 0.1) is 10.1 Å². The molecular formula is C8H8IN5. The van der Waals surface area contributed by atoms with E-state index >= 15 is 0 Å². The van der Waals surface area contributed by atoms with Gasteiger partial charge in [-0.25, -0.2) is 15.0 Å². The first kappa shape index (κ1) is 9.53. The quantitative estimate of drug-likeness (QED) is 0.830. The highest BCUT2D eigenvalue weighted by atomic mass is 127. The van der Waals surface area contributed by atoms with Gasteiger partial charge in [0, 0.05) is 18.6 Å². The number of aromatic nitrogens is 4. The molecule has 0 saturated heterocycles. The largest absolute Gasteiger partial charge is 0.324 e. The molecule has 0 aromatic carbocycles. The topological polar surface area (TPSA) is 69.6 Å². The third kappa shape index (κ3) is 1.62. The van der Waals surface area contributed by atoms with E-state index in [4.69, 9.17) is 5.73 Å². The van der Waals surface area contributed by atoms with Crippen LogP contribution in [0.1, 0.15) is 5.82 Å². The van der Waals surface area contributed by atoms with Crippen LogP contribution in [0, 0.1) is 3.57 Å². The Hall–Kier alpha value is -1.02. The molecule has 0 saturated carbocycles. The number of rotatable bonds is 2. The molecule has 2 aromatic heterocycles. The second-order valence-electron chi connectivity index (χ2n) is 2.61. The smallest absolute Gasteiger partial charge is 0.155 e. The molecule has 2 rings (SSSR count). The van der Waals surface area contributed by atoms with Crippen molar-refractivity contribution < 1.29 is 0 Å². The van der Waals surface area contributed by atoms with Crippen LogP contribution < -0.4 is 5.73 Å². The molecule has 0 bridgehead atoms. The molecule has 0 unspecified atom stereocenters. The maximum Gasteiger partial charge on any atom is 0.155 e.